The van der Waals surface area contributed by atoms with Gasteiger partial charge in [-0.25, -0.2) is 0 Å². The Morgan fingerprint density at radius 3 is 2.03 bits per heavy atom. The molecule has 0 aliphatic carbocycles. The summed E-state index contributed by atoms with van der Waals surface area (Å²) in [5.74, 6) is -0.403. The first-order chi connectivity index (χ1) is 17.4. The molecule has 0 heterocycles. The van der Waals surface area contributed by atoms with Crippen LogP contribution in [0.25, 0.3) is 0 Å². The summed E-state index contributed by atoms with van der Waals surface area (Å²) in [5.41, 5.74) is 4.38. The van der Waals surface area contributed by atoms with Crippen molar-refractivity contribution in [1.29, 1.82) is 0 Å². The Hall–Kier alpha value is -4.16. The average molecular weight is 495 g/mol. The number of rotatable bonds is 8. The zero-order chi connectivity index (χ0) is 25.5. The minimum absolute atomic E-state index is 0.0278. The quantitative estimate of drug-likeness (QED) is 0.206. The van der Waals surface area contributed by atoms with Crippen LogP contribution in [0.3, 0.4) is 0 Å². The number of benzene rings is 4. The Bertz CT molecular complexity index is 1370. The Balaban J connectivity index is 1.52. The van der Waals surface area contributed by atoms with E-state index in [9.17, 15) is 14.4 Å². The first kappa shape index (κ1) is 24.9. The highest BCUT2D eigenvalue weighted by Gasteiger charge is 2.22. The summed E-state index contributed by atoms with van der Waals surface area (Å²) in [6.07, 6.45) is 0. The Morgan fingerprint density at radius 2 is 1.36 bits per heavy atom. The van der Waals surface area contributed by atoms with E-state index in [1.165, 1.54) is 18.7 Å². The first-order valence-electron chi connectivity index (χ1n) is 11.5. The summed E-state index contributed by atoms with van der Waals surface area (Å²) >= 11 is 1.40. The molecule has 0 bridgehead atoms. The van der Waals surface area contributed by atoms with Crippen LogP contribution in [0.2, 0.25) is 0 Å². The largest absolute Gasteiger partial charge is 0.325 e. The molecule has 0 saturated carbocycles. The van der Waals surface area contributed by atoms with E-state index in [1.807, 2.05) is 73.7 Å². The predicted molar refractivity (Wildman–Crippen MR) is 146 cm³/mol. The Labute approximate surface area is 214 Å². The first-order valence-corrected chi connectivity index (χ1v) is 12.4. The van der Waals surface area contributed by atoms with Gasteiger partial charge in [0.05, 0.1) is 0 Å². The van der Waals surface area contributed by atoms with Gasteiger partial charge in [0.2, 0.25) is 5.91 Å². The number of nitrogens with one attached hydrogen (secondary N) is 2. The SMILES string of the molecule is CC(=O)c1ccc(NC(=O)C(Sc2cccc(NC(=O)c3ccc(C)cc3)c2)c2ccccc2)cc1. The lowest BCUT2D eigenvalue weighted by Crippen LogP contribution is -2.19. The maximum atomic E-state index is 13.3. The third-order valence-corrected chi connectivity index (χ3v) is 6.81. The molecule has 0 spiro atoms. The molecule has 2 N–H and O–H groups in total. The van der Waals surface area contributed by atoms with Crippen molar-refractivity contribution in [3.05, 3.63) is 125 Å². The average Bonchev–Trinajstić information content (AvgIpc) is 2.88. The fourth-order valence-corrected chi connectivity index (χ4v) is 4.67. The molecule has 0 aromatic heterocycles. The van der Waals surface area contributed by atoms with E-state index in [4.69, 9.17) is 0 Å². The number of carbonyl (C=O) groups excluding carboxylic acids is 3. The lowest BCUT2D eigenvalue weighted by molar-refractivity contribution is -0.115. The molecule has 4 aromatic rings. The van der Waals surface area contributed by atoms with Crippen LogP contribution in [-0.2, 0) is 4.79 Å². The van der Waals surface area contributed by atoms with Crippen molar-refractivity contribution in [2.24, 2.45) is 0 Å². The molecular weight excluding hydrogens is 468 g/mol. The smallest absolute Gasteiger partial charge is 0.255 e. The summed E-state index contributed by atoms with van der Waals surface area (Å²) in [6, 6.07) is 31.2. The van der Waals surface area contributed by atoms with E-state index in [0.29, 0.717) is 22.5 Å². The van der Waals surface area contributed by atoms with Crippen LogP contribution >= 0.6 is 11.8 Å². The second-order valence-corrected chi connectivity index (χ2v) is 9.56. The molecule has 5 nitrogen and oxygen atoms in total. The highest BCUT2D eigenvalue weighted by Crippen LogP contribution is 2.37. The monoisotopic (exact) mass is 494 g/mol. The van der Waals surface area contributed by atoms with Crippen LogP contribution in [-0.4, -0.2) is 17.6 Å². The van der Waals surface area contributed by atoms with Crippen molar-refractivity contribution in [3.8, 4) is 0 Å². The van der Waals surface area contributed by atoms with Crippen LogP contribution in [0.4, 0.5) is 11.4 Å². The van der Waals surface area contributed by atoms with Gasteiger partial charge >= 0.3 is 0 Å². The lowest BCUT2D eigenvalue weighted by Gasteiger charge is -2.18. The second-order valence-electron chi connectivity index (χ2n) is 8.38. The van der Waals surface area contributed by atoms with E-state index in [2.05, 4.69) is 10.6 Å². The Morgan fingerprint density at radius 1 is 0.694 bits per heavy atom. The van der Waals surface area contributed by atoms with Gasteiger partial charge < -0.3 is 10.6 Å². The van der Waals surface area contributed by atoms with Gasteiger partial charge in [0.25, 0.3) is 5.91 Å². The van der Waals surface area contributed by atoms with Gasteiger partial charge in [0.1, 0.15) is 5.25 Å². The highest BCUT2D eigenvalue weighted by atomic mass is 32.2. The van der Waals surface area contributed by atoms with Gasteiger partial charge in [0, 0.05) is 27.4 Å². The van der Waals surface area contributed by atoms with E-state index in [1.54, 1.807) is 36.4 Å². The predicted octanol–water partition coefficient (Wildman–Crippen LogP) is 6.92. The minimum atomic E-state index is -0.526. The van der Waals surface area contributed by atoms with E-state index in [0.717, 1.165) is 16.0 Å². The number of ketones is 1. The van der Waals surface area contributed by atoms with Gasteiger partial charge in [-0.15, -0.1) is 11.8 Å². The van der Waals surface area contributed by atoms with Crippen LogP contribution in [0.1, 0.15) is 44.0 Å². The van der Waals surface area contributed by atoms with E-state index >= 15 is 0 Å². The summed E-state index contributed by atoms with van der Waals surface area (Å²) in [6.45, 7) is 3.48. The number of anilines is 2. The number of Topliss-reactive ketones (excluding diaryl/α,β-unsaturated/α-hetero) is 1. The molecule has 6 heteroatoms. The lowest BCUT2D eigenvalue weighted by atomic mass is 10.1. The molecule has 4 rings (SSSR count). The fourth-order valence-electron chi connectivity index (χ4n) is 3.59. The van der Waals surface area contributed by atoms with Gasteiger partial charge in [-0.1, -0.05) is 54.1 Å². The van der Waals surface area contributed by atoms with Crippen LogP contribution in [0, 0.1) is 6.92 Å². The number of amides is 2. The molecule has 0 aliphatic rings. The number of hydrogen-bond acceptors (Lipinski definition) is 4. The molecule has 1 unspecified atom stereocenters. The number of hydrogen-bond donors (Lipinski definition) is 2. The molecule has 180 valence electrons. The van der Waals surface area contributed by atoms with Gasteiger partial charge in [-0.3, -0.25) is 14.4 Å². The normalized spacial score (nSPS) is 11.4. The molecule has 0 saturated heterocycles. The molecule has 4 aromatic carbocycles. The molecule has 0 aliphatic heterocycles. The summed E-state index contributed by atoms with van der Waals surface area (Å²) in [7, 11) is 0. The van der Waals surface area contributed by atoms with Crippen LogP contribution < -0.4 is 10.6 Å². The van der Waals surface area contributed by atoms with Crippen molar-refractivity contribution in [3.63, 3.8) is 0 Å². The minimum Gasteiger partial charge on any atom is -0.325 e. The van der Waals surface area contributed by atoms with Gasteiger partial charge in [0.15, 0.2) is 5.78 Å². The van der Waals surface area contributed by atoms with Crippen molar-refractivity contribution in [1.82, 2.24) is 0 Å². The molecule has 0 radical (unpaired) electrons. The topological polar surface area (TPSA) is 75.3 Å². The van der Waals surface area contributed by atoms with Crippen molar-refractivity contribution in [2.45, 2.75) is 24.0 Å². The van der Waals surface area contributed by atoms with Crippen molar-refractivity contribution >= 4 is 40.7 Å². The van der Waals surface area contributed by atoms with Gasteiger partial charge in [-0.2, -0.15) is 0 Å². The third kappa shape index (κ3) is 6.49. The van der Waals surface area contributed by atoms with Crippen LogP contribution in [0.5, 0.6) is 0 Å². The van der Waals surface area contributed by atoms with Crippen molar-refractivity contribution in [2.75, 3.05) is 10.6 Å². The molecule has 1 atom stereocenters. The van der Waals surface area contributed by atoms with E-state index in [-0.39, 0.29) is 17.6 Å². The number of thioether (sulfide) groups is 1. The summed E-state index contributed by atoms with van der Waals surface area (Å²) in [4.78, 5) is 38.4. The molecule has 0 fully saturated rings. The highest BCUT2D eigenvalue weighted by molar-refractivity contribution is 8.00. The van der Waals surface area contributed by atoms with E-state index < -0.39 is 5.25 Å². The fraction of sp³-hybridized carbons (Fsp3) is 0.100. The Kier molecular flexibility index (Phi) is 7.98. The molecule has 2 amide bonds. The third-order valence-electron chi connectivity index (χ3n) is 5.56. The molecular formula is C30H26N2O3S. The standard InChI is InChI=1S/C30H26N2O3S/c1-20-11-13-24(14-12-20)29(34)32-26-9-6-10-27(19-26)36-28(23-7-4-3-5-8-23)30(35)31-25-17-15-22(16-18-25)21(2)33/h3-19,28H,1-2H3,(H,31,35)(H,32,34). The summed E-state index contributed by atoms with van der Waals surface area (Å²) in [5, 5.41) is 5.37. The summed E-state index contributed by atoms with van der Waals surface area (Å²) < 4.78 is 0. The zero-order valence-electron chi connectivity index (χ0n) is 20.0. The number of carbonyl (C=O) groups is 3. The van der Waals surface area contributed by atoms with Crippen molar-refractivity contribution < 1.29 is 14.4 Å². The maximum Gasteiger partial charge on any atom is 0.255 e. The van der Waals surface area contributed by atoms with Crippen LogP contribution in [0.15, 0.2) is 108 Å². The molecule has 36 heavy (non-hydrogen) atoms. The van der Waals surface area contributed by atoms with Gasteiger partial charge in [-0.05, 0) is 74.0 Å². The second kappa shape index (κ2) is 11.5. The zero-order valence-corrected chi connectivity index (χ0v) is 20.8. The maximum absolute atomic E-state index is 13.3. The number of aryl methyl sites for hydroxylation is 1.